The minimum absolute atomic E-state index is 0.220. The molecule has 3 aromatic carbocycles. The quantitative estimate of drug-likeness (QED) is 0.646. The molecule has 3 rings (SSSR count). The third-order valence-corrected chi connectivity index (χ3v) is 4.05. The van der Waals surface area contributed by atoms with Crippen LogP contribution in [-0.2, 0) is 6.61 Å². The van der Waals surface area contributed by atoms with Crippen LogP contribution in [0.3, 0.4) is 0 Å². The lowest BCUT2D eigenvalue weighted by molar-refractivity contribution is 0.102. The standard InChI is InChI=1S/C22H20FNO4/c1-26-18-11-17(12-19(13-18)27-2)24-22(25)20-5-3-4-6-21(20)28-14-15-7-9-16(23)10-8-15/h3-13H,14H2,1-2H3,(H,24,25). The van der Waals surface area contributed by atoms with Gasteiger partial charge in [-0.25, -0.2) is 4.39 Å². The first-order valence-corrected chi connectivity index (χ1v) is 8.59. The molecule has 0 saturated carbocycles. The van der Waals surface area contributed by atoms with E-state index in [1.165, 1.54) is 12.1 Å². The summed E-state index contributed by atoms with van der Waals surface area (Å²) in [5, 5.41) is 2.83. The number of methoxy groups -OCH3 is 2. The molecule has 5 nitrogen and oxygen atoms in total. The minimum atomic E-state index is -0.329. The number of anilines is 1. The molecular weight excluding hydrogens is 361 g/mol. The van der Waals surface area contributed by atoms with Crippen LogP contribution in [0.2, 0.25) is 0 Å². The van der Waals surface area contributed by atoms with Gasteiger partial charge in [0.05, 0.1) is 19.8 Å². The predicted molar refractivity (Wildman–Crippen MR) is 105 cm³/mol. The fourth-order valence-corrected chi connectivity index (χ4v) is 2.60. The van der Waals surface area contributed by atoms with Gasteiger partial charge in [-0.3, -0.25) is 4.79 Å². The van der Waals surface area contributed by atoms with E-state index in [-0.39, 0.29) is 18.3 Å². The molecule has 6 heteroatoms. The third kappa shape index (κ3) is 4.79. The maximum atomic E-state index is 13.0. The number of ether oxygens (including phenoxy) is 3. The summed E-state index contributed by atoms with van der Waals surface area (Å²) in [5.41, 5.74) is 1.72. The molecule has 0 saturated heterocycles. The van der Waals surface area contributed by atoms with E-state index < -0.39 is 0 Å². The second kappa shape index (κ2) is 8.90. The lowest BCUT2D eigenvalue weighted by Gasteiger charge is -2.13. The molecule has 0 bridgehead atoms. The van der Waals surface area contributed by atoms with Gasteiger partial charge in [-0.15, -0.1) is 0 Å². The van der Waals surface area contributed by atoms with Crippen molar-refractivity contribution >= 4 is 11.6 Å². The smallest absolute Gasteiger partial charge is 0.259 e. The lowest BCUT2D eigenvalue weighted by Crippen LogP contribution is -2.14. The van der Waals surface area contributed by atoms with Gasteiger partial charge in [-0.2, -0.15) is 0 Å². The highest BCUT2D eigenvalue weighted by Crippen LogP contribution is 2.27. The van der Waals surface area contributed by atoms with Gasteiger partial charge in [-0.05, 0) is 29.8 Å². The number of hydrogen-bond acceptors (Lipinski definition) is 4. The SMILES string of the molecule is COc1cc(NC(=O)c2ccccc2OCc2ccc(F)cc2)cc(OC)c1. The summed E-state index contributed by atoms with van der Waals surface area (Å²) in [4.78, 5) is 12.8. The highest BCUT2D eigenvalue weighted by Gasteiger charge is 2.14. The summed E-state index contributed by atoms with van der Waals surface area (Å²) in [6.45, 7) is 0.220. The van der Waals surface area contributed by atoms with Crippen molar-refractivity contribution in [3.63, 3.8) is 0 Å². The molecule has 0 radical (unpaired) electrons. The van der Waals surface area contributed by atoms with Crippen molar-refractivity contribution in [1.82, 2.24) is 0 Å². The first kappa shape index (κ1) is 19.2. The van der Waals surface area contributed by atoms with Crippen molar-refractivity contribution in [2.45, 2.75) is 6.61 Å². The Morgan fingerprint density at radius 1 is 0.929 bits per heavy atom. The minimum Gasteiger partial charge on any atom is -0.497 e. The number of hydrogen-bond donors (Lipinski definition) is 1. The zero-order valence-corrected chi connectivity index (χ0v) is 15.6. The van der Waals surface area contributed by atoms with Gasteiger partial charge in [0.25, 0.3) is 5.91 Å². The van der Waals surface area contributed by atoms with Crippen molar-refractivity contribution in [3.8, 4) is 17.2 Å². The van der Waals surface area contributed by atoms with E-state index in [1.54, 1.807) is 68.8 Å². The summed E-state index contributed by atoms with van der Waals surface area (Å²) < 4.78 is 29.2. The lowest BCUT2D eigenvalue weighted by atomic mass is 10.1. The third-order valence-electron chi connectivity index (χ3n) is 4.05. The monoisotopic (exact) mass is 381 g/mol. The molecule has 1 N–H and O–H groups in total. The van der Waals surface area contributed by atoms with Crippen LogP contribution in [0.1, 0.15) is 15.9 Å². The normalized spacial score (nSPS) is 10.2. The molecule has 0 fully saturated rings. The van der Waals surface area contributed by atoms with Crippen molar-refractivity contribution in [2.24, 2.45) is 0 Å². The van der Waals surface area contributed by atoms with Crippen LogP contribution in [0.25, 0.3) is 0 Å². The summed E-state index contributed by atoms with van der Waals surface area (Å²) in [6.07, 6.45) is 0. The highest BCUT2D eigenvalue weighted by molar-refractivity contribution is 6.06. The van der Waals surface area contributed by atoms with Crippen LogP contribution < -0.4 is 19.5 Å². The van der Waals surface area contributed by atoms with Crippen LogP contribution >= 0.6 is 0 Å². The Morgan fingerprint density at radius 3 is 2.21 bits per heavy atom. The number of rotatable bonds is 7. The van der Waals surface area contributed by atoms with Gasteiger partial charge in [0.15, 0.2) is 0 Å². The molecule has 3 aromatic rings. The van der Waals surface area contributed by atoms with Gasteiger partial charge in [0.2, 0.25) is 0 Å². The molecule has 28 heavy (non-hydrogen) atoms. The Bertz CT molecular complexity index is 935. The van der Waals surface area contributed by atoms with E-state index in [2.05, 4.69) is 5.32 Å². The number of amides is 1. The van der Waals surface area contributed by atoms with Crippen LogP contribution in [0.4, 0.5) is 10.1 Å². The van der Waals surface area contributed by atoms with Crippen LogP contribution in [0.5, 0.6) is 17.2 Å². The van der Waals surface area contributed by atoms with Crippen molar-refractivity contribution < 1.29 is 23.4 Å². The fraction of sp³-hybridized carbons (Fsp3) is 0.136. The van der Waals surface area contributed by atoms with Gasteiger partial charge in [-0.1, -0.05) is 24.3 Å². The van der Waals surface area contributed by atoms with Crippen molar-refractivity contribution in [2.75, 3.05) is 19.5 Å². The Kier molecular flexibility index (Phi) is 6.11. The van der Waals surface area contributed by atoms with Crippen LogP contribution in [-0.4, -0.2) is 20.1 Å². The number of halogens is 1. The molecule has 0 unspecified atom stereocenters. The topological polar surface area (TPSA) is 56.8 Å². The second-order valence-electron chi connectivity index (χ2n) is 5.97. The fourth-order valence-electron chi connectivity index (χ4n) is 2.60. The Morgan fingerprint density at radius 2 is 1.57 bits per heavy atom. The first-order chi connectivity index (χ1) is 13.6. The molecule has 0 aliphatic rings. The predicted octanol–water partition coefficient (Wildman–Crippen LogP) is 4.67. The van der Waals surface area contributed by atoms with E-state index in [0.29, 0.717) is 28.5 Å². The van der Waals surface area contributed by atoms with Gasteiger partial charge >= 0.3 is 0 Å². The molecule has 1 amide bonds. The molecule has 0 aliphatic heterocycles. The molecule has 0 aromatic heterocycles. The number of carbonyl (C=O) groups is 1. The highest BCUT2D eigenvalue weighted by atomic mass is 19.1. The summed E-state index contributed by atoms with van der Waals surface area (Å²) in [6, 6.07) is 18.1. The average Bonchev–Trinajstić information content (AvgIpc) is 2.73. The zero-order chi connectivity index (χ0) is 19.9. The molecule has 0 heterocycles. The summed E-state index contributed by atoms with van der Waals surface area (Å²) in [5.74, 6) is 0.924. The largest absolute Gasteiger partial charge is 0.497 e. The van der Waals surface area contributed by atoms with E-state index in [9.17, 15) is 9.18 Å². The second-order valence-corrected chi connectivity index (χ2v) is 5.97. The molecule has 0 aliphatic carbocycles. The average molecular weight is 381 g/mol. The molecule has 0 spiro atoms. The summed E-state index contributed by atoms with van der Waals surface area (Å²) >= 11 is 0. The molecule has 144 valence electrons. The zero-order valence-electron chi connectivity index (χ0n) is 15.6. The summed E-state index contributed by atoms with van der Waals surface area (Å²) in [7, 11) is 3.08. The number of carbonyl (C=O) groups excluding carboxylic acids is 1. The van der Waals surface area contributed by atoms with Crippen LogP contribution in [0.15, 0.2) is 66.7 Å². The van der Waals surface area contributed by atoms with E-state index in [0.717, 1.165) is 5.56 Å². The van der Waals surface area contributed by atoms with Crippen molar-refractivity contribution in [1.29, 1.82) is 0 Å². The Hall–Kier alpha value is -3.54. The van der Waals surface area contributed by atoms with Crippen molar-refractivity contribution in [3.05, 3.63) is 83.7 Å². The Balaban J connectivity index is 1.76. The van der Waals surface area contributed by atoms with E-state index >= 15 is 0 Å². The molecule has 0 atom stereocenters. The van der Waals surface area contributed by atoms with Crippen LogP contribution in [0, 0.1) is 5.82 Å². The van der Waals surface area contributed by atoms with E-state index in [1.807, 2.05) is 0 Å². The van der Waals surface area contributed by atoms with Gasteiger partial charge in [0, 0.05) is 23.9 Å². The Labute approximate surface area is 162 Å². The van der Waals surface area contributed by atoms with E-state index in [4.69, 9.17) is 14.2 Å². The van der Waals surface area contributed by atoms with Gasteiger partial charge < -0.3 is 19.5 Å². The maximum absolute atomic E-state index is 13.0. The number of nitrogens with one attached hydrogen (secondary N) is 1. The molecular formula is C22H20FNO4. The van der Waals surface area contributed by atoms with Gasteiger partial charge in [0.1, 0.15) is 29.7 Å². The number of para-hydroxylation sites is 1. The first-order valence-electron chi connectivity index (χ1n) is 8.59. The maximum Gasteiger partial charge on any atom is 0.259 e. The number of benzene rings is 3.